The van der Waals surface area contributed by atoms with Crippen LogP contribution in [-0.4, -0.2) is 43.9 Å². The van der Waals surface area contributed by atoms with Crippen LogP contribution in [0, 0.1) is 0 Å². The van der Waals surface area contributed by atoms with E-state index in [1.807, 2.05) is 6.07 Å². The zero-order chi connectivity index (χ0) is 15.6. The summed E-state index contributed by atoms with van der Waals surface area (Å²) in [6.45, 7) is 2.39. The number of sulfonamides is 1. The number of benzene rings is 1. The first kappa shape index (κ1) is 15.4. The zero-order valence-electron chi connectivity index (χ0n) is 11.9. The fourth-order valence-corrected chi connectivity index (χ4v) is 3.95. The van der Waals surface area contributed by atoms with E-state index in [1.165, 1.54) is 4.31 Å². The summed E-state index contributed by atoms with van der Waals surface area (Å²) >= 11 is 5.77. The van der Waals surface area contributed by atoms with Crippen LogP contribution >= 0.6 is 11.6 Å². The number of rotatable bonds is 3. The molecule has 0 bridgehead atoms. The van der Waals surface area contributed by atoms with E-state index in [1.54, 1.807) is 36.5 Å². The first-order valence-corrected chi connectivity index (χ1v) is 8.82. The van der Waals surface area contributed by atoms with Crippen molar-refractivity contribution in [3.63, 3.8) is 0 Å². The highest BCUT2D eigenvalue weighted by Crippen LogP contribution is 2.23. The van der Waals surface area contributed by atoms with Crippen LogP contribution in [0.5, 0.6) is 0 Å². The lowest BCUT2D eigenvalue weighted by atomic mass is 10.1. The van der Waals surface area contributed by atoms with Crippen molar-refractivity contribution < 1.29 is 8.42 Å². The third kappa shape index (κ3) is 3.15. The summed E-state index contributed by atoms with van der Waals surface area (Å²) in [5.41, 5.74) is 1.80. The molecule has 5 nitrogen and oxygen atoms in total. The van der Waals surface area contributed by atoms with Crippen LogP contribution in [0.4, 0.5) is 0 Å². The molecule has 0 saturated carbocycles. The fraction of sp³-hybridized carbons (Fsp3) is 0.267. The highest BCUT2D eigenvalue weighted by atomic mass is 35.5. The van der Waals surface area contributed by atoms with Gasteiger partial charge in [0.2, 0.25) is 10.0 Å². The van der Waals surface area contributed by atoms with Crippen LogP contribution < -0.4 is 5.32 Å². The molecule has 1 aliphatic heterocycles. The second-order valence-electron chi connectivity index (χ2n) is 5.05. The lowest BCUT2D eigenvalue weighted by Gasteiger charge is -2.26. The Labute approximate surface area is 135 Å². The van der Waals surface area contributed by atoms with Crippen molar-refractivity contribution in [3.8, 4) is 11.1 Å². The molecule has 22 heavy (non-hydrogen) atoms. The predicted molar refractivity (Wildman–Crippen MR) is 86.3 cm³/mol. The van der Waals surface area contributed by atoms with Gasteiger partial charge >= 0.3 is 0 Å². The molecule has 1 N–H and O–H groups in total. The molecule has 1 aliphatic rings. The number of hydrogen-bond donors (Lipinski definition) is 1. The molecule has 1 aromatic carbocycles. The van der Waals surface area contributed by atoms with Crippen LogP contribution in [0.2, 0.25) is 5.15 Å². The largest absolute Gasteiger partial charge is 0.314 e. The third-order valence-corrected chi connectivity index (χ3v) is 5.77. The van der Waals surface area contributed by atoms with Crippen molar-refractivity contribution in [1.29, 1.82) is 0 Å². The zero-order valence-corrected chi connectivity index (χ0v) is 13.4. The van der Waals surface area contributed by atoms with Crippen molar-refractivity contribution in [3.05, 3.63) is 47.7 Å². The van der Waals surface area contributed by atoms with Gasteiger partial charge in [0.25, 0.3) is 0 Å². The summed E-state index contributed by atoms with van der Waals surface area (Å²) in [6, 6.07) is 10.4. The Morgan fingerprint density at radius 2 is 1.64 bits per heavy atom. The Bertz CT molecular complexity index is 739. The summed E-state index contributed by atoms with van der Waals surface area (Å²) in [4.78, 5) is 4.35. The van der Waals surface area contributed by atoms with Gasteiger partial charge in [-0.15, -0.1) is 0 Å². The van der Waals surface area contributed by atoms with Crippen molar-refractivity contribution in [1.82, 2.24) is 14.6 Å². The van der Waals surface area contributed by atoms with Gasteiger partial charge < -0.3 is 5.32 Å². The molecule has 1 aromatic heterocycles. The van der Waals surface area contributed by atoms with Gasteiger partial charge in [-0.2, -0.15) is 4.31 Å². The normalized spacial score (nSPS) is 16.6. The van der Waals surface area contributed by atoms with Gasteiger partial charge in [-0.05, 0) is 29.8 Å². The quantitative estimate of drug-likeness (QED) is 0.870. The second kappa shape index (κ2) is 6.34. The predicted octanol–water partition coefficient (Wildman–Crippen LogP) is 2.00. The van der Waals surface area contributed by atoms with Crippen molar-refractivity contribution in [2.75, 3.05) is 26.2 Å². The molecule has 0 spiro atoms. The van der Waals surface area contributed by atoms with Crippen LogP contribution in [0.25, 0.3) is 11.1 Å². The number of halogens is 1. The molecular weight excluding hydrogens is 322 g/mol. The standard InChI is InChI=1S/C15H16ClN3O2S/c16-15-6-3-13(11-18-15)12-1-4-14(5-2-12)22(20,21)19-9-7-17-8-10-19/h1-6,11,17H,7-10H2. The topological polar surface area (TPSA) is 62.3 Å². The van der Waals surface area contributed by atoms with Crippen LogP contribution in [0.3, 0.4) is 0 Å². The Morgan fingerprint density at radius 1 is 1.00 bits per heavy atom. The van der Waals surface area contributed by atoms with Gasteiger partial charge in [0.15, 0.2) is 0 Å². The first-order valence-electron chi connectivity index (χ1n) is 7.00. The van der Waals surface area contributed by atoms with E-state index in [4.69, 9.17) is 11.6 Å². The molecule has 1 saturated heterocycles. The monoisotopic (exact) mass is 337 g/mol. The molecule has 7 heteroatoms. The van der Waals surface area contributed by atoms with Crippen molar-refractivity contribution in [2.45, 2.75) is 4.90 Å². The van der Waals surface area contributed by atoms with E-state index >= 15 is 0 Å². The van der Waals surface area contributed by atoms with E-state index in [-0.39, 0.29) is 0 Å². The fourth-order valence-electron chi connectivity index (χ4n) is 2.40. The van der Waals surface area contributed by atoms with Gasteiger partial charge in [-0.25, -0.2) is 13.4 Å². The number of piperazine rings is 1. The maximum Gasteiger partial charge on any atom is 0.243 e. The molecular formula is C15H16ClN3O2S. The van der Waals surface area contributed by atoms with E-state index in [0.717, 1.165) is 11.1 Å². The summed E-state index contributed by atoms with van der Waals surface area (Å²) in [7, 11) is -3.41. The average molecular weight is 338 g/mol. The highest BCUT2D eigenvalue weighted by Gasteiger charge is 2.25. The lowest BCUT2D eigenvalue weighted by Crippen LogP contribution is -2.46. The molecule has 0 unspecified atom stereocenters. The first-order chi connectivity index (χ1) is 10.6. The number of aromatic nitrogens is 1. The lowest BCUT2D eigenvalue weighted by molar-refractivity contribution is 0.360. The summed E-state index contributed by atoms with van der Waals surface area (Å²) < 4.78 is 26.6. The van der Waals surface area contributed by atoms with Crippen LogP contribution in [0.15, 0.2) is 47.5 Å². The van der Waals surface area contributed by atoms with E-state index in [0.29, 0.717) is 36.2 Å². The molecule has 3 rings (SSSR count). The van der Waals surface area contributed by atoms with E-state index in [9.17, 15) is 8.42 Å². The number of nitrogens with one attached hydrogen (secondary N) is 1. The van der Waals surface area contributed by atoms with Gasteiger partial charge in [-0.3, -0.25) is 0 Å². The molecule has 0 aliphatic carbocycles. The maximum atomic E-state index is 12.5. The number of pyridine rings is 1. The van der Waals surface area contributed by atoms with E-state index in [2.05, 4.69) is 10.3 Å². The second-order valence-corrected chi connectivity index (χ2v) is 7.37. The molecule has 116 valence electrons. The molecule has 0 atom stereocenters. The minimum absolute atomic E-state index is 0.320. The van der Waals surface area contributed by atoms with Crippen molar-refractivity contribution >= 4 is 21.6 Å². The van der Waals surface area contributed by atoms with Crippen molar-refractivity contribution in [2.24, 2.45) is 0 Å². The molecule has 2 aromatic rings. The third-order valence-electron chi connectivity index (χ3n) is 3.63. The number of hydrogen-bond acceptors (Lipinski definition) is 4. The van der Waals surface area contributed by atoms with Gasteiger partial charge in [0.05, 0.1) is 4.90 Å². The van der Waals surface area contributed by atoms with E-state index < -0.39 is 10.0 Å². The van der Waals surface area contributed by atoms with Gasteiger partial charge in [-0.1, -0.05) is 23.7 Å². The Kier molecular flexibility index (Phi) is 4.44. The minimum Gasteiger partial charge on any atom is -0.314 e. The molecule has 1 fully saturated rings. The summed E-state index contributed by atoms with van der Waals surface area (Å²) in [5, 5.41) is 3.58. The molecule has 0 radical (unpaired) electrons. The molecule has 2 heterocycles. The minimum atomic E-state index is -3.41. The Morgan fingerprint density at radius 3 is 2.23 bits per heavy atom. The SMILES string of the molecule is O=S(=O)(c1ccc(-c2ccc(Cl)nc2)cc1)N1CCNCC1. The highest BCUT2D eigenvalue weighted by molar-refractivity contribution is 7.89. The van der Waals surface area contributed by atoms with Gasteiger partial charge in [0.1, 0.15) is 5.15 Å². The van der Waals surface area contributed by atoms with Gasteiger partial charge in [0, 0.05) is 37.9 Å². The number of nitrogens with zero attached hydrogens (tertiary/aromatic N) is 2. The Hall–Kier alpha value is -1.47. The smallest absolute Gasteiger partial charge is 0.243 e. The van der Waals surface area contributed by atoms with Crippen LogP contribution in [0.1, 0.15) is 0 Å². The average Bonchev–Trinajstić information content (AvgIpc) is 2.56. The maximum absolute atomic E-state index is 12.5. The van der Waals surface area contributed by atoms with Crippen LogP contribution in [-0.2, 0) is 10.0 Å². The Balaban J connectivity index is 1.86. The molecule has 0 amide bonds. The summed E-state index contributed by atoms with van der Waals surface area (Å²) in [6.07, 6.45) is 1.67. The summed E-state index contributed by atoms with van der Waals surface area (Å²) in [5.74, 6) is 0.